The molecule has 3 atom stereocenters. The summed E-state index contributed by atoms with van der Waals surface area (Å²) in [5.41, 5.74) is 0. The van der Waals surface area contributed by atoms with Gasteiger partial charge in [-0.05, 0) is 49.9 Å². The van der Waals surface area contributed by atoms with E-state index in [0.717, 1.165) is 18.4 Å². The van der Waals surface area contributed by atoms with Gasteiger partial charge in [-0.1, -0.05) is 6.42 Å². The first-order chi connectivity index (χ1) is 9.06. The maximum atomic E-state index is 12.0. The molecule has 3 unspecified atom stereocenters. The van der Waals surface area contributed by atoms with E-state index in [4.69, 9.17) is 5.11 Å². The molecule has 0 heterocycles. The molecule has 0 aromatic heterocycles. The van der Waals surface area contributed by atoms with E-state index in [1.165, 1.54) is 25.7 Å². The van der Waals surface area contributed by atoms with E-state index in [1.807, 2.05) is 11.9 Å². The van der Waals surface area contributed by atoms with Gasteiger partial charge < -0.3 is 10.0 Å². The number of carbonyl (C=O) groups excluding carboxylic acids is 1. The Morgan fingerprint density at radius 2 is 1.89 bits per heavy atom. The van der Waals surface area contributed by atoms with Gasteiger partial charge in [0.1, 0.15) is 0 Å². The standard InChI is InChI=1S/C15H25NO3/c1-16(14(17)4-2-3-5-15(18)19)10-13-9-11-6-7-12(13)8-11/h11-13H,2-10H2,1H3,(H,18,19). The van der Waals surface area contributed by atoms with Crippen LogP contribution in [0.25, 0.3) is 0 Å². The van der Waals surface area contributed by atoms with E-state index in [9.17, 15) is 9.59 Å². The Hall–Kier alpha value is -1.06. The second-order valence-corrected chi connectivity index (χ2v) is 6.31. The van der Waals surface area contributed by atoms with Crippen molar-refractivity contribution >= 4 is 11.9 Å². The zero-order chi connectivity index (χ0) is 13.8. The van der Waals surface area contributed by atoms with Crippen LogP contribution >= 0.6 is 0 Å². The second kappa shape index (κ2) is 6.40. The maximum absolute atomic E-state index is 12.0. The molecule has 2 rings (SSSR count). The number of carboxylic acid groups (broad SMARTS) is 1. The lowest BCUT2D eigenvalue weighted by Crippen LogP contribution is -2.33. The highest BCUT2D eigenvalue weighted by Gasteiger charge is 2.39. The number of aliphatic carboxylic acids is 1. The van der Waals surface area contributed by atoms with Gasteiger partial charge in [0.15, 0.2) is 0 Å². The van der Waals surface area contributed by atoms with Crippen molar-refractivity contribution in [1.29, 1.82) is 0 Å². The van der Waals surface area contributed by atoms with Gasteiger partial charge in [-0.25, -0.2) is 0 Å². The van der Waals surface area contributed by atoms with Gasteiger partial charge in [-0.3, -0.25) is 9.59 Å². The predicted octanol–water partition coefficient (Wildman–Crippen LogP) is 2.53. The Morgan fingerprint density at radius 1 is 1.16 bits per heavy atom. The quantitative estimate of drug-likeness (QED) is 0.721. The van der Waals surface area contributed by atoms with Crippen LogP contribution in [0, 0.1) is 17.8 Å². The van der Waals surface area contributed by atoms with Crippen LogP contribution < -0.4 is 0 Å². The minimum Gasteiger partial charge on any atom is -0.481 e. The smallest absolute Gasteiger partial charge is 0.303 e. The van der Waals surface area contributed by atoms with Crippen molar-refractivity contribution in [2.24, 2.45) is 17.8 Å². The molecule has 4 heteroatoms. The Balaban J connectivity index is 1.63. The molecule has 2 aliphatic rings. The number of carboxylic acids is 1. The summed E-state index contributed by atoms with van der Waals surface area (Å²) < 4.78 is 0. The maximum Gasteiger partial charge on any atom is 0.303 e. The Morgan fingerprint density at radius 3 is 2.47 bits per heavy atom. The predicted molar refractivity (Wildman–Crippen MR) is 72.7 cm³/mol. The Bertz CT molecular complexity index is 342. The third-order valence-electron chi connectivity index (χ3n) is 4.85. The van der Waals surface area contributed by atoms with Crippen molar-refractivity contribution in [1.82, 2.24) is 4.90 Å². The molecule has 108 valence electrons. The lowest BCUT2D eigenvalue weighted by Gasteiger charge is -2.27. The van der Waals surface area contributed by atoms with Crippen LogP contribution in [0.1, 0.15) is 51.4 Å². The molecular weight excluding hydrogens is 242 g/mol. The Labute approximate surface area is 115 Å². The lowest BCUT2D eigenvalue weighted by molar-refractivity contribution is -0.137. The first-order valence-corrected chi connectivity index (χ1v) is 7.52. The van der Waals surface area contributed by atoms with Crippen molar-refractivity contribution in [2.75, 3.05) is 13.6 Å². The van der Waals surface area contributed by atoms with E-state index in [0.29, 0.717) is 25.2 Å². The highest BCUT2D eigenvalue weighted by molar-refractivity contribution is 5.75. The molecule has 0 radical (unpaired) electrons. The summed E-state index contributed by atoms with van der Waals surface area (Å²) in [6, 6.07) is 0. The minimum absolute atomic E-state index is 0.170. The summed E-state index contributed by atoms with van der Waals surface area (Å²) in [6.07, 6.45) is 7.39. The summed E-state index contributed by atoms with van der Waals surface area (Å²) in [7, 11) is 1.89. The fourth-order valence-electron chi connectivity index (χ4n) is 3.80. The number of amides is 1. The third kappa shape index (κ3) is 3.95. The molecule has 1 amide bonds. The molecule has 0 aromatic carbocycles. The number of nitrogens with zero attached hydrogens (tertiary/aromatic N) is 1. The summed E-state index contributed by atoms with van der Waals surface area (Å²) in [4.78, 5) is 24.2. The van der Waals surface area contributed by atoms with Crippen LogP contribution in [0.3, 0.4) is 0 Å². The van der Waals surface area contributed by atoms with Gasteiger partial charge in [0.25, 0.3) is 0 Å². The fraction of sp³-hybridized carbons (Fsp3) is 0.867. The molecule has 4 nitrogen and oxygen atoms in total. The van der Waals surface area contributed by atoms with Gasteiger partial charge in [-0.2, -0.15) is 0 Å². The van der Waals surface area contributed by atoms with Crippen molar-refractivity contribution in [3.63, 3.8) is 0 Å². The topological polar surface area (TPSA) is 57.6 Å². The number of unbranched alkanes of at least 4 members (excludes halogenated alkanes) is 1. The number of fused-ring (bicyclic) bond motifs is 2. The van der Waals surface area contributed by atoms with Gasteiger partial charge in [-0.15, -0.1) is 0 Å². The molecule has 2 saturated carbocycles. The highest BCUT2D eigenvalue weighted by Crippen LogP contribution is 2.48. The highest BCUT2D eigenvalue weighted by atomic mass is 16.4. The SMILES string of the molecule is CN(CC1CC2CCC1C2)C(=O)CCCCC(=O)O. The summed E-state index contributed by atoms with van der Waals surface area (Å²) >= 11 is 0. The molecule has 2 fully saturated rings. The molecular formula is C15H25NO3. The average Bonchev–Trinajstić information content (AvgIpc) is 2.96. The number of hydrogen-bond acceptors (Lipinski definition) is 2. The first-order valence-electron chi connectivity index (χ1n) is 7.52. The van der Waals surface area contributed by atoms with Crippen LogP contribution in [0.15, 0.2) is 0 Å². The summed E-state index contributed by atoms with van der Waals surface area (Å²) in [5.74, 6) is 1.89. The van der Waals surface area contributed by atoms with Crippen LogP contribution in [0.2, 0.25) is 0 Å². The monoisotopic (exact) mass is 267 g/mol. The van der Waals surface area contributed by atoms with Crippen LogP contribution in [0.4, 0.5) is 0 Å². The molecule has 0 aromatic rings. The number of rotatable bonds is 7. The second-order valence-electron chi connectivity index (χ2n) is 6.31. The van der Waals surface area contributed by atoms with Crippen LogP contribution in [-0.4, -0.2) is 35.5 Å². The van der Waals surface area contributed by atoms with Crippen molar-refractivity contribution in [2.45, 2.75) is 51.4 Å². The molecule has 0 saturated heterocycles. The van der Waals surface area contributed by atoms with E-state index < -0.39 is 5.97 Å². The third-order valence-corrected chi connectivity index (χ3v) is 4.85. The average molecular weight is 267 g/mol. The van der Waals surface area contributed by atoms with Crippen LogP contribution in [0.5, 0.6) is 0 Å². The first kappa shape index (κ1) is 14.4. The number of carbonyl (C=O) groups is 2. The van der Waals surface area contributed by atoms with E-state index in [-0.39, 0.29) is 12.3 Å². The minimum atomic E-state index is -0.775. The van der Waals surface area contributed by atoms with Gasteiger partial charge in [0.05, 0.1) is 0 Å². The van der Waals surface area contributed by atoms with Gasteiger partial charge in [0, 0.05) is 26.4 Å². The molecule has 0 spiro atoms. The molecule has 2 aliphatic carbocycles. The molecule has 0 aliphatic heterocycles. The van der Waals surface area contributed by atoms with Gasteiger partial charge >= 0.3 is 5.97 Å². The largest absolute Gasteiger partial charge is 0.481 e. The van der Waals surface area contributed by atoms with Crippen molar-refractivity contribution < 1.29 is 14.7 Å². The van der Waals surface area contributed by atoms with E-state index in [2.05, 4.69) is 0 Å². The summed E-state index contributed by atoms with van der Waals surface area (Å²) in [6.45, 7) is 0.902. The zero-order valence-electron chi connectivity index (χ0n) is 11.8. The van der Waals surface area contributed by atoms with E-state index in [1.54, 1.807) is 0 Å². The molecule has 19 heavy (non-hydrogen) atoms. The molecule has 2 bridgehead atoms. The van der Waals surface area contributed by atoms with Crippen LogP contribution in [-0.2, 0) is 9.59 Å². The van der Waals surface area contributed by atoms with Crippen molar-refractivity contribution in [3.8, 4) is 0 Å². The lowest BCUT2D eigenvalue weighted by atomic mass is 9.88. The van der Waals surface area contributed by atoms with Crippen molar-refractivity contribution in [3.05, 3.63) is 0 Å². The summed E-state index contributed by atoms with van der Waals surface area (Å²) in [5, 5.41) is 8.54. The Kier molecular flexibility index (Phi) is 4.83. The van der Waals surface area contributed by atoms with Gasteiger partial charge in [0.2, 0.25) is 5.91 Å². The molecule has 1 N–H and O–H groups in total. The van der Waals surface area contributed by atoms with E-state index >= 15 is 0 Å². The normalized spacial score (nSPS) is 28.6. The fourth-order valence-corrected chi connectivity index (χ4v) is 3.80. The zero-order valence-corrected chi connectivity index (χ0v) is 11.8. The number of hydrogen-bond donors (Lipinski definition) is 1.